The Labute approximate surface area is 198 Å². The average Bonchev–Trinajstić information content (AvgIpc) is 2.83. The number of amides is 1. The number of aromatic nitrogens is 3. The number of carbonyl (C=O) groups is 1. The normalized spacial score (nSPS) is 11.4. The van der Waals surface area contributed by atoms with E-state index in [2.05, 4.69) is 36.2 Å². The van der Waals surface area contributed by atoms with Crippen LogP contribution >= 0.6 is 0 Å². The molecular formula is C24H20F3N7O. The predicted octanol–water partition coefficient (Wildman–Crippen LogP) is 5.22. The molecule has 0 aliphatic rings. The number of carbonyl (C=O) groups excluding carboxylic acids is 1. The van der Waals surface area contributed by atoms with E-state index < -0.39 is 29.4 Å². The summed E-state index contributed by atoms with van der Waals surface area (Å²) in [6.45, 7) is 1.52. The van der Waals surface area contributed by atoms with Gasteiger partial charge in [0.2, 0.25) is 23.8 Å². The molecule has 1 aromatic heterocycles. The minimum atomic E-state index is -0.903. The van der Waals surface area contributed by atoms with E-state index in [0.29, 0.717) is 0 Å². The Bertz CT molecular complexity index is 1290. The Balaban J connectivity index is 1.59. The summed E-state index contributed by atoms with van der Waals surface area (Å²) in [5, 5.41) is 10.8. The van der Waals surface area contributed by atoms with Crippen LogP contribution < -0.4 is 21.3 Å². The second kappa shape index (κ2) is 10.5. The fourth-order valence-corrected chi connectivity index (χ4v) is 2.98. The lowest BCUT2D eigenvalue weighted by Gasteiger charge is -2.16. The van der Waals surface area contributed by atoms with Crippen molar-refractivity contribution in [2.75, 3.05) is 21.3 Å². The first-order valence-corrected chi connectivity index (χ1v) is 10.5. The molecule has 0 aliphatic heterocycles. The van der Waals surface area contributed by atoms with E-state index in [4.69, 9.17) is 0 Å². The lowest BCUT2D eigenvalue weighted by molar-refractivity contribution is -0.116. The van der Waals surface area contributed by atoms with Crippen molar-refractivity contribution >= 4 is 40.8 Å². The highest BCUT2D eigenvalue weighted by Gasteiger charge is 2.18. The Morgan fingerprint density at radius 3 is 1.51 bits per heavy atom. The second-order valence-electron chi connectivity index (χ2n) is 7.35. The van der Waals surface area contributed by atoms with Gasteiger partial charge in [-0.15, -0.1) is 0 Å². The third-order valence-corrected chi connectivity index (χ3v) is 4.75. The van der Waals surface area contributed by atoms with Gasteiger partial charge >= 0.3 is 0 Å². The number of anilines is 6. The van der Waals surface area contributed by atoms with E-state index in [1.165, 1.54) is 61.5 Å². The largest absolute Gasteiger partial charge is 0.342 e. The molecule has 0 bridgehead atoms. The third kappa shape index (κ3) is 6.02. The summed E-state index contributed by atoms with van der Waals surface area (Å²) in [6, 6.07) is 16.6. The summed E-state index contributed by atoms with van der Waals surface area (Å²) >= 11 is 0. The van der Waals surface area contributed by atoms with Gasteiger partial charge in [0.1, 0.15) is 23.5 Å². The Hall–Kier alpha value is -4.67. The first-order valence-electron chi connectivity index (χ1n) is 10.5. The topological polar surface area (TPSA) is 104 Å². The van der Waals surface area contributed by atoms with Crippen LogP contribution in [0.3, 0.4) is 0 Å². The van der Waals surface area contributed by atoms with Gasteiger partial charge in [-0.05, 0) is 43.3 Å². The smallest absolute Gasteiger partial charge is 0.246 e. The van der Waals surface area contributed by atoms with E-state index in [1.54, 1.807) is 18.2 Å². The van der Waals surface area contributed by atoms with Crippen molar-refractivity contribution in [2.45, 2.75) is 13.0 Å². The van der Waals surface area contributed by atoms with Gasteiger partial charge in [-0.2, -0.15) is 15.0 Å². The zero-order chi connectivity index (χ0) is 24.8. The predicted molar refractivity (Wildman–Crippen MR) is 127 cm³/mol. The molecule has 0 saturated heterocycles. The van der Waals surface area contributed by atoms with Crippen LogP contribution in [-0.2, 0) is 4.79 Å². The minimum Gasteiger partial charge on any atom is -0.342 e. The minimum absolute atomic E-state index is 0.0191. The zero-order valence-electron chi connectivity index (χ0n) is 18.4. The molecule has 35 heavy (non-hydrogen) atoms. The molecule has 1 atom stereocenters. The van der Waals surface area contributed by atoms with Gasteiger partial charge in [-0.3, -0.25) is 4.79 Å². The van der Waals surface area contributed by atoms with E-state index in [0.717, 1.165) is 0 Å². The first-order chi connectivity index (χ1) is 16.9. The van der Waals surface area contributed by atoms with Crippen LogP contribution in [0.4, 0.5) is 48.1 Å². The summed E-state index contributed by atoms with van der Waals surface area (Å²) < 4.78 is 42.1. The fraction of sp³-hybridized carbons (Fsp3) is 0.0833. The molecule has 0 saturated carbocycles. The molecule has 0 fully saturated rings. The molecule has 8 nitrogen and oxygen atoms in total. The highest BCUT2D eigenvalue weighted by Crippen LogP contribution is 2.22. The van der Waals surface area contributed by atoms with Crippen LogP contribution in [0, 0.1) is 17.5 Å². The van der Waals surface area contributed by atoms with E-state index >= 15 is 0 Å². The number of nitrogens with one attached hydrogen (secondary N) is 4. The second-order valence-corrected chi connectivity index (χ2v) is 7.35. The van der Waals surface area contributed by atoms with Crippen LogP contribution in [0.15, 0.2) is 72.8 Å². The quantitative estimate of drug-likeness (QED) is 0.275. The first kappa shape index (κ1) is 23.5. The molecule has 1 heterocycles. The van der Waals surface area contributed by atoms with E-state index in [1.807, 2.05) is 0 Å². The van der Waals surface area contributed by atoms with E-state index in [-0.39, 0.29) is 34.9 Å². The van der Waals surface area contributed by atoms with Crippen LogP contribution in [-0.4, -0.2) is 26.9 Å². The number of para-hydroxylation sites is 3. The Morgan fingerprint density at radius 2 is 1.06 bits per heavy atom. The highest BCUT2D eigenvalue weighted by atomic mass is 19.1. The average molecular weight is 479 g/mol. The molecule has 0 unspecified atom stereocenters. The lowest BCUT2D eigenvalue weighted by Crippen LogP contribution is -2.33. The molecule has 4 rings (SSSR count). The molecule has 1 amide bonds. The van der Waals surface area contributed by atoms with Gasteiger partial charge in [0, 0.05) is 0 Å². The van der Waals surface area contributed by atoms with Crippen LogP contribution in [0.2, 0.25) is 0 Å². The lowest BCUT2D eigenvalue weighted by atomic mass is 10.2. The molecule has 3 aromatic carbocycles. The van der Waals surface area contributed by atoms with Crippen molar-refractivity contribution in [3.63, 3.8) is 0 Å². The van der Waals surface area contributed by atoms with E-state index in [9.17, 15) is 18.0 Å². The number of benzene rings is 3. The van der Waals surface area contributed by atoms with Crippen LogP contribution in [0.25, 0.3) is 0 Å². The molecule has 4 N–H and O–H groups in total. The maximum absolute atomic E-state index is 14.1. The van der Waals surface area contributed by atoms with Crippen molar-refractivity contribution < 1.29 is 18.0 Å². The summed E-state index contributed by atoms with van der Waals surface area (Å²) in [4.78, 5) is 25.1. The standard InChI is InChI=1S/C24H20F3N7O/c1-14(21(35)29-18-11-5-2-8-15(18)25)28-22-32-23(30-19-12-6-3-9-16(19)26)34-24(33-22)31-20-13-7-4-10-17(20)27/h2-14H,1H3,(H,29,35)(H3,28,30,31,32,33,34)/t14-/m0/s1. The molecule has 11 heteroatoms. The van der Waals surface area contributed by atoms with Gasteiger partial charge < -0.3 is 21.3 Å². The van der Waals surface area contributed by atoms with Gasteiger partial charge in [0.05, 0.1) is 17.1 Å². The molecule has 0 aliphatic carbocycles. The van der Waals surface area contributed by atoms with Crippen LogP contribution in [0.1, 0.15) is 6.92 Å². The van der Waals surface area contributed by atoms with Crippen LogP contribution in [0.5, 0.6) is 0 Å². The number of halogens is 3. The monoisotopic (exact) mass is 479 g/mol. The maximum Gasteiger partial charge on any atom is 0.246 e. The number of nitrogens with zero attached hydrogens (tertiary/aromatic N) is 3. The molecule has 0 spiro atoms. The SMILES string of the molecule is C[C@H](Nc1nc(Nc2ccccc2F)nc(Nc2ccccc2F)n1)C(=O)Nc1ccccc1F. The third-order valence-electron chi connectivity index (χ3n) is 4.75. The van der Waals surface area contributed by atoms with Crippen molar-refractivity contribution in [1.29, 1.82) is 0 Å². The van der Waals surface area contributed by atoms with Crippen molar-refractivity contribution in [1.82, 2.24) is 15.0 Å². The number of hydrogen-bond acceptors (Lipinski definition) is 7. The van der Waals surface area contributed by atoms with Gasteiger partial charge in [-0.25, -0.2) is 13.2 Å². The number of rotatable bonds is 8. The summed E-state index contributed by atoms with van der Waals surface area (Å²) in [5.74, 6) is -2.40. The van der Waals surface area contributed by atoms with Crippen molar-refractivity contribution in [3.8, 4) is 0 Å². The van der Waals surface area contributed by atoms with Gasteiger partial charge in [-0.1, -0.05) is 36.4 Å². The molecule has 4 aromatic rings. The Kier molecular flexibility index (Phi) is 7.05. The zero-order valence-corrected chi connectivity index (χ0v) is 18.4. The summed E-state index contributed by atoms with van der Waals surface area (Å²) in [5.41, 5.74) is 0.226. The highest BCUT2D eigenvalue weighted by molar-refractivity contribution is 5.96. The summed E-state index contributed by atoms with van der Waals surface area (Å²) in [6.07, 6.45) is 0. The molecule has 178 valence electrons. The van der Waals surface area contributed by atoms with Crippen molar-refractivity contribution in [3.05, 3.63) is 90.2 Å². The summed E-state index contributed by atoms with van der Waals surface area (Å²) in [7, 11) is 0. The van der Waals surface area contributed by atoms with Crippen molar-refractivity contribution in [2.24, 2.45) is 0 Å². The Morgan fingerprint density at radius 1 is 0.657 bits per heavy atom. The fourth-order valence-electron chi connectivity index (χ4n) is 2.98. The maximum atomic E-state index is 14.1. The van der Waals surface area contributed by atoms with Gasteiger partial charge in [0.15, 0.2) is 0 Å². The molecule has 0 radical (unpaired) electrons. The number of hydrogen-bond donors (Lipinski definition) is 4. The van der Waals surface area contributed by atoms with Gasteiger partial charge in [0.25, 0.3) is 0 Å². The molecular weight excluding hydrogens is 459 g/mol.